The summed E-state index contributed by atoms with van der Waals surface area (Å²) in [7, 11) is 0. The number of amides is 1. The SMILES string of the molecule is CC(Oc1cccc(CO)c1)C(=O)N1CCC(c2cnc[nH]2)CC1. The largest absolute Gasteiger partial charge is 0.481 e. The number of imidazole rings is 1. The topological polar surface area (TPSA) is 78.5 Å². The molecule has 3 rings (SSSR count). The number of nitrogens with zero attached hydrogens (tertiary/aromatic N) is 2. The minimum absolute atomic E-state index is 0.00691. The first kappa shape index (κ1) is 16.5. The zero-order chi connectivity index (χ0) is 16.9. The van der Waals surface area contributed by atoms with E-state index in [1.54, 1.807) is 25.4 Å². The standard InChI is InChI=1S/C18H23N3O3/c1-13(24-16-4-2-3-14(9-16)11-22)18(23)21-7-5-15(6-8-21)17-10-19-12-20-17/h2-4,9-10,12-13,15,22H,5-8,11H2,1H3,(H,19,20). The molecule has 1 aliphatic rings. The third-order valence-corrected chi connectivity index (χ3v) is 4.51. The molecule has 1 aliphatic heterocycles. The van der Waals surface area contributed by atoms with Crippen LogP contribution in [0.5, 0.6) is 5.75 Å². The Bertz CT molecular complexity index is 664. The minimum Gasteiger partial charge on any atom is -0.481 e. The highest BCUT2D eigenvalue weighted by Gasteiger charge is 2.28. The molecule has 24 heavy (non-hydrogen) atoms. The number of H-pyrrole nitrogens is 1. The zero-order valence-corrected chi connectivity index (χ0v) is 13.8. The molecule has 0 spiro atoms. The van der Waals surface area contributed by atoms with Crippen molar-refractivity contribution in [3.63, 3.8) is 0 Å². The van der Waals surface area contributed by atoms with Crippen molar-refractivity contribution in [3.8, 4) is 5.75 Å². The van der Waals surface area contributed by atoms with E-state index >= 15 is 0 Å². The molecule has 6 heteroatoms. The van der Waals surface area contributed by atoms with Gasteiger partial charge in [0.05, 0.1) is 12.9 Å². The summed E-state index contributed by atoms with van der Waals surface area (Å²) in [5.74, 6) is 1.05. The average molecular weight is 329 g/mol. The lowest BCUT2D eigenvalue weighted by molar-refractivity contribution is -0.139. The van der Waals surface area contributed by atoms with Crippen LogP contribution in [0.15, 0.2) is 36.8 Å². The van der Waals surface area contributed by atoms with Gasteiger partial charge in [0.1, 0.15) is 5.75 Å². The Balaban J connectivity index is 1.54. The van der Waals surface area contributed by atoms with Gasteiger partial charge < -0.3 is 19.7 Å². The number of aliphatic hydroxyl groups excluding tert-OH is 1. The molecule has 0 aliphatic carbocycles. The Labute approximate surface area is 141 Å². The Hall–Kier alpha value is -2.34. The molecule has 2 heterocycles. The Morgan fingerprint density at radius 2 is 2.25 bits per heavy atom. The molecular formula is C18H23N3O3. The number of hydrogen-bond acceptors (Lipinski definition) is 4. The highest BCUT2D eigenvalue weighted by molar-refractivity contribution is 5.81. The van der Waals surface area contributed by atoms with Crippen LogP contribution in [0.25, 0.3) is 0 Å². The smallest absolute Gasteiger partial charge is 0.263 e. The Morgan fingerprint density at radius 3 is 2.92 bits per heavy atom. The van der Waals surface area contributed by atoms with Crippen LogP contribution in [0, 0.1) is 0 Å². The van der Waals surface area contributed by atoms with Crippen molar-refractivity contribution in [2.75, 3.05) is 13.1 Å². The van der Waals surface area contributed by atoms with Crippen LogP contribution in [0.3, 0.4) is 0 Å². The van der Waals surface area contributed by atoms with Gasteiger partial charge in [-0.25, -0.2) is 4.98 Å². The number of hydrogen-bond donors (Lipinski definition) is 2. The molecule has 128 valence electrons. The maximum absolute atomic E-state index is 12.6. The van der Waals surface area contributed by atoms with Crippen LogP contribution in [-0.2, 0) is 11.4 Å². The highest BCUT2D eigenvalue weighted by Crippen LogP contribution is 2.26. The number of benzene rings is 1. The number of carbonyl (C=O) groups excluding carboxylic acids is 1. The van der Waals surface area contributed by atoms with Crippen molar-refractivity contribution >= 4 is 5.91 Å². The molecule has 1 amide bonds. The summed E-state index contributed by atoms with van der Waals surface area (Å²) in [6.07, 6.45) is 4.88. The fraction of sp³-hybridized carbons (Fsp3) is 0.444. The number of aromatic amines is 1. The van der Waals surface area contributed by atoms with Crippen molar-refractivity contribution in [1.29, 1.82) is 0 Å². The molecule has 1 aromatic heterocycles. The summed E-state index contributed by atoms with van der Waals surface area (Å²) in [6.45, 7) is 3.19. The summed E-state index contributed by atoms with van der Waals surface area (Å²) in [4.78, 5) is 21.7. The number of nitrogens with one attached hydrogen (secondary N) is 1. The van der Waals surface area contributed by atoms with Gasteiger partial charge in [0.2, 0.25) is 0 Å². The van der Waals surface area contributed by atoms with Crippen LogP contribution >= 0.6 is 0 Å². The van der Waals surface area contributed by atoms with Crippen LogP contribution in [0.2, 0.25) is 0 Å². The maximum Gasteiger partial charge on any atom is 0.263 e. The Morgan fingerprint density at radius 1 is 1.46 bits per heavy atom. The van der Waals surface area contributed by atoms with Gasteiger partial charge in [-0.3, -0.25) is 4.79 Å². The average Bonchev–Trinajstić information content (AvgIpc) is 3.16. The predicted octanol–water partition coefficient (Wildman–Crippen LogP) is 2.08. The van der Waals surface area contributed by atoms with Crippen LogP contribution in [0.4, 0.5) is 0 Å². The maximum atomic E-state index is 12.6. The third kappa shape index (κ3) is 3.76. The van der Waals surface area contributed by atoms with E-state index in [4.69, 9.17) is 4.74 Å². The zero-order valence-electron chi connectivity index (χ0n) is 13.8. The summed E-state index contributed by atoms with van der Waals surface area (Å²) in [6, 6.07) is 7.19. The molecule has 0 radical (unpaired) electrons. The molecular weight excluding hydrogens is 306 g/mol. The molecule has 1 saturated heterocycles. The first-order valence-corrected chi connectivity index (χ1v) is 8.31. The second-order valence-electron chi connectivity index (χ2n) is 6.17. The summed E-state index contributed by atoms with van der Waals surface area (Å²) >= 11 is 0. The van der Waals surface area contributed by atoms with Crippen molar-refractivity contribution in [2.24, 2.45) is 0 Å². The number of rotatable bonds is 5. The molecule has 2 aromatic rings. The van der Waals surface area contributed by atoms with Crippen molar-refractivity contribution in [1.82, 2.24) is 14.9 Å². The minimum atomic E-state index is -0.539. The predicted molar refractivity (Wildman–Crippen MR) is 89.6 cm³/mol. The van der Waals surface area contributed by atoms with Gasteiger partial charge >= 0.3 is 0 Å². The number of piperidine rings is 1. The van der Waals surface area contributed by atoms with Crippen molar-refractivity contribution in [3.05, 3.63) is 48.0 Å². The molecule has 1 unspecified atom stereocenters. The van der Waals surface area contributed by atoms with Gasteiger partial charge in [-0.1, -0.05) is 12.1 Å². The molecule has 1 aromatic carbocycles. The second-order valence-corrected chi connectivity index (χ2v) is 6.17. The van der Waals surface area contributed by atoms with Gasteiger partial charge in [-0.2, -0.15) is 0 Å². The monoisotopic (exact) mass is 329 g/mol. The number of ether oxygens (including phenoxy) is 1. The second kappa shape index (κ2) is 7.49. The third-order valence-electron chi connectivity index (χ3n) is 4.51. The number of aromatic nitrogens is 2. The van der Waals surface area contributed by atoms with E-state index in [2.05, 4.69) is 9.97 Å². The highest BCUT2D eigenvalue weighted by atomic mass is 16.5. The molecule has 1 fully saturated rings. The first-order chi connectivity index (χ1) is 11.7. The van der Waals surface area contributed by atoms with Crippen molar-refractivity contribution < 1.29 is 14.6 Å². The van der Waals surface area contributed by atoms with E-state index in [-0.39, 0.29) is 12.5 Å². The van der Waals surface area contributed by atoms with E-state index in [0.717, 1.165) is 37.2 Å². The van der Waals surface area contributed by atoms with Gasteiger partial charge in [-0.15, -0.1) is 0 Å². The number of aliphatic hydroxyl groups is 1. The first-order valence-electron chi connectivity index (χ1n) is 8.31. The van der Waals surface area contributed by atoms with Crippen LogP contribution < -0.4 is 4.74 Å². The molecule has 0 saturated carbocycles. The lowest BCUT2D eigenvalue weighted by Gasteiger charge is -2.33. The lowest BCUT2D eigenvalue weighted by atomic mass is 9.94. The number of carbonyl (C=O) groups is 1. The Kier molecular flexibility index (Phi) is 5.15. The van der Waals surface area contributed by atoms with Gasteiger partial charge in [-0.05, 0) is 37.5 Å². The van der Waals surface area contributed by atoms with Gasteiger partial charge in [0, 0.05) is 30.9 Å². The van der Waals surface area contributed by atoms with E-state index in [1.807, 2.05) is 23.2 Å². The van der Waals surface area contributed by atoms with E-state index in [9.17, 15) is 9.90 Å². The normalized spacial score (nSPS) is 16.8. The number of likely N-dealkylation sites (tertiary alicyclic amines) is 1. The summed E-state index contributed by atoms with van der Waals surface area (Å²) in [5.41, 5.74) is 1.92. The quantitative estimate of drug-likeness (QED) is 0.880. The molecule has 2 N–H and O–H groups in total. The van der Waals surface area contributed by atoms with E-state index in [1.165, 1.54) is 0 Å². The fourth-order valence-corrected chi connectivity index (χ4v) is 3.13. The van der Waals surface area contributed by atoms with Crippen molar-refractivity contribution in [2.45, 2.75) is 38.4 Å². The molecule has 6 nitrogen and oxygen atoms in total. The van der Waals surface area contributed by atoms with Crippen LogP contribution in [0.1, 0.15) is 36.9 Å². The lowest BCUT2D eigenvalue weighted by Crippen LogP contribution is -2.44. The van der Waals surface area contributed by atoms with E-state index < -0.39 is 6.10 Å². The van der Waals surface area contributed by atoms with Crippen LogP contribution in [-0.4, -0.2) is 45.1 Å². The molecule has 0 bridgehead atoms. The summed E-state index contributed by atoms with van der Waals surface area (Å²) < 4.78 is 5.75. The van der Waals surface area contributed by atoms with E-state index in [0.29, 0.717) is 11.7 Å². The summed E-state index contributed by atoms with van der Waals surface area (Å²) in [5, 5.41) is 9.17. The van der Waals surface area contributed by atoms with Gasteiger partial charge in [0.15, 0.2) is 6.10 Å². The molecule has 1 atom stereocenters. The fourth-order valence-electron chi connectivity index (χ4n) is 3.13. The van der Waals surface area contributed by atoms with Gasteiger partial charge in [0.25, 0.3) is 5.91 Å².